The summed E-state index contributed by atoms with van der Waals surface area (Å²) < 4.78 is 37.5. The lowest BCUT2D eigenvalue weighted by Crippen LogP contribution is -2.53. The van der Waals surface area contributed by atoms with Gasteiger partial charge in [0, 0.05) is 6.04 Å². The quantitative estimate of drug-likeness (QED) is 0.697. The van der Waals surface area contributed by atoms with Gasteiger partial charge in [-0.15, -0.1) is 0 Å². The Morgan fingerprint density at radius 3 is 1.71 bits per heavy atom. The summed E-state index contributed by atoms with van der Waals surface area (Å²) in [6, 6.07) is -0.822. The van der Waals surface area contributed by atoms with E-state index < -0.39 is 37.6 Å². The first kappa shape index (κ1) is 13.7. The summed E-state index contributed by atoms with van der Waals surface area (Å²) in [5.41, 5.74) is 3.54. The summed E-state index contributed by atoms with van der Waals surface area (Å²) in [7, 11) is 0. The molecule has 0 bridgehead atoms. The van der Waals surface area contributed by atoms with Gasteiger partial charge in [-0.05, 0) is 5.92 Å². The lowest BCUT2D eigenvalue weighted by molar-refractivity contribution is -0.0486. The van der Waals surface area contributed by atoms with E-state index in [4.69, 9.17) is 5.73 Å². The van der Waals surface area contributed by atoms with Gasteiger partial charge in [0.25, 0.3) is 0 Å². The van der Waals surface area contributed by atoms with E-state index in [1.807, 2.05) is 0 Å². The third-order valence-electron chi connectivity index (χ3n) is 2.56. The van der Waals surface area contributed by atoms with Gasteiger partial charge in [0.05, 0.1) is 11.5 Å². The Kier molecular flexibility index (Phi) is 5.44. The molecule has 0 spiro atoms. The van der Waals surface area contributed by atoms with E-state index in [2.05, 4.69) is 0 Å². The molecule has 0 amide bonds. The maximum absolute atomic E-state index is 12.5. The van der Waals surface area contributed by atoms with Gasteiger partial charge >= 0.3 is 0 Å². The largest absolute Gasteiger partial charge is 0.391 e. The molecule has 2 unspecified atom stereocenters. The second-order valence-electron chi connectivity index (χ2n) is 4.03. The molecule has 86 valence electrons. The van der Waals surface area contributed by atoms with Gasteiger partial charge in [0.1, 0.15) is 20.0 Å². The van der Waals surface area contributed by atoms with Gasteiger partial charge < -0.3 is 10.8 Å². The number of aliphatic hydroxyl groups is 1. The van der Waals surface area contributed by atoms with Gasteiger partial charge in [-0.1, -0.05) is 13.8 Å². The Hall–Kier alpha value is -0.290. The van der Waals surface area contributed by atoms with E-state index in [9.17, 15) is 18.3 Å². The number of hydrogen-bond acceptors (Lipinski definition) is 2. The number of rotatable bonds is 6. The van der Waals surface area contributed by atoms with Crippen molar-refractivity contribution in [1.29, 1.82) is 0 Å². The Labute approximate surface area is 82.3 Å². The molecule has 0 fully saturated rings. The smallest absolute Gasteiger partial charge is 0.103 e. The molecule has 0 aliphatic carbocycles. The van der Waals surface area contributed by atoms with Crippen molar-refractivity contribution < 1.29 is 18.3 Å². The number of hydrogen-bond donors (Lipinski definition) is 2. The second kappa shape index (κ2) is 5.56. The molecule has 0 aromatic carbocycles. The summed E-state index contributed by atoms with van der Waals surface area (Å²) in [5.74, 6) is -0.158. The molecule has 0 aliphatic rings. The van der Waals surface area contributed by atoms with Gasteiger partial charge in [0.15, 0.2) is 0 Å². The lowest BCUT2D eigenvalue weighted by Gasteiger charge is -2.35. The van der Waals surface area contributed by atoms with Crippen LogP contribution in [0.5, 0.6) is 0 Å². The van der Waals surface area contributed by atoms with Crippen LogP contribution in [0.4, 0.5) is 13.2 Å². The molecule has 0 aromatic heterocycles. The molecular formula is C9H18F3NO. The molecule has 0 rings (SSSR count). The topological polar surface area (TPSA) is 46.2 Å². The standard InChI is InChI=1S/C9H18F3NO/c1-6(2)7(13)8(14)9(3-10,4-11)5-12/h6-8,14H,3-5,13H2,1-2H3. The summed E-state index contributed by atoms with van der Waals surface area (Å²) in [6.07, 6.45) is -1.50. The zero-order valence-corrected chi connectivity index (χ0v) is 8.51. The van der Waals surface area contributed by atoms with Crippen molar-refractivity contribution in [2.24, 2.45) is 17.1 Å². The predicted molar refractivity (Wildman–Crippen MR) is 49.2 cm³/mol. The summed E-state index contributed by atoms with van der Waals surface area (Å²) >= 11 is 0. The molecule has 0 saturated carbocycles. The average molecular weight is 213 g/mol. The molecule has 0 saturated heterocycles. The number of halogens is 3. The van der Waals surface area contributed by atoms with E-state index in [1.54, 1.807) is 13.8 Å². The Morgan fingerprint density at radius 1 is 1.14 bits per heavy atom. The highest BCUT2D eigenvalue weighted by atomic mass is 19.1. The van der Waals surface area contributed by atoms with Crippen molar-refractivity contribution in [1.82, 2.24) is 0 Å². The summed E-state index contributed by atoms with van der Waals surface area (Å²) in [4.78, 5) is 0. The SMILES string of the molecule is CC(C)C(N)C(O)C(CF)(CF)CF. The number of aliphatic hydroxyl groups excluding tert-OH is 1. The van der Waals surface area contributed by atoms with E-state index in [0.29, 0.717) is 0 Å². The van der Waals surface area contributed by atoms with Crippen LogP contribution < -0.4 is 5.73 Å². The Morgan fingerprint density at radius 2 is 1.50 bits per heavy atom. The van der Waals surface area contributed by atoms with Crippen LogP contribution in [0, 0.1) is 11.3 Å². The van der Waals surface area contributed by atoms with Crippen LogP contribution in [0.25, 0.3) is 0 Å². The minimum absolute atomic E-state index is 0.158. The van der Waals surface area contributed by atoms with Crippen molar-refractivity contribution in [3.8, 4) is 0 Å². The van der Waals surface area contributed by atoms with Gasteiger partial charge in [0.2, 0.25) is 0 Å². The third kappa shape index (κ3) is 2.60. The molecule has 0 radical (unpaired) electrons. The van der Waals surface area contributed by atoms with Gasteiger partial charge in [-0.25, -0.2) is 0 Å². The first-order valence-corrected chi connectivity index (χ1v) is 4.56. The number of nitrogens with two attached hydrogens (primary N) is 1. The monoisotopic (exact) mass is 213 g/mol. The van der Waals surface area contributed by atoms with Crippen molar-refractivity contribution in [3.63, 3.8) is 0 Å². The van der Waals surface area contributed by atoms with E-state index in [-0.39, 0.29) is 5.92 Å². The minimum Gasteiger partial charge on any atom is -0.391 e. The maximum atomic E-state index is 12.5. The molecular weight excluding hydrogens is 195 g/mol. The van der Waals surface area contributed by atoms with Crippen LogP contribution in [0.1, 0.15) is 13.8 Å². The van der Waals surface area contributed by atoms with Gasteiger partial charge in [-0.3, -0.25) is 13.2 Å². The van der Waals surface area contributed by atoms with Crippen molar-refractivity contribution in [2.75, 3.05) is 20.0 Å². The zero-order valence-electron chi connectivity index (χ0n) is 8.51. The van der Waals surface area contributed by atoms with Crippen LogP contribution >= 0.6 is 0 Å². The van der Waals surface area contributed by atoms with Crippen LogP contribution in [-0.2, 0) is 0 Å². The van der Waals surface area contributed by atoms with Crippen molar-refractivity contribution >= 4 is 0 Å². The molecule has 2 nitrogen and oxygen atoms in total. The average Bonchev–Trinajstić information content (AvgIpc) is 2.19. The highest BCUT2D eigenvalue weighted by Crippen LogP contribution is 2.28. The maximum Gasteiger partial charge on any atom is 0.103 e. The molecule has 0 heterocycles. The fraction of sp³-hybridized carbons (Fsp3) is 1.00. The van der Waals surface area contributed by atoms with E-state index >= 15 is 0 Å². The Balaban J connectivity index is 4.66. The molecule has 2 atom stereocenters. The van der Waals surface area contributed by atoms with Crippen LogP contribution in [0.15, 0.2) is 0 Å². The van der Waals surface area contributed by atoms with Gasteiger partial charge in [-0.2, -0.15) is 0 Å². The number of alkyl halides is 3. The van der Waals surface area contributed by atoms with E-state index in [0.717, 1.165) is 0 Å². The van der Waals surface area contributed by atoms with Crippen LogP contribution in [0.3, 0.4) is 0 Å². The fourth-order valence-corrected chi connectivity index (χ4v) is 1.12. The highest BCUT2D eigenvalue weighted by molar-refractivity contribution is 4.92. The second-order valence-corrected chi connectivity index (χ2v) is 4.03. The Bertz CT molecular complexity index is 154. The lowest BCUT2D eigenvalue weighted by atomic mass is 9.79. The zero-order chi connectivity index (χ0) is 11.4. The normalized spacial score (nSPS) is 17.1. The van der Waals surface area contributed by atoms with Crippen LogP contribution in [-0.4, -0.2) is 37.3 Å². The first-order chi connectivity index (χ1) is 6.45. The third-order valence-corrected chi connectivity index (χ3v) is 2.56. The fourth-order valence-electron chi connectivity index (χ4n) is 1.12. The molecule has 0 aliphatic heterocycles. The van der Waals surface area contributed by atoms with E-state index in [1.165, 1.54) is 0 Å². The van der Waals surface area contributed by atoms with Crippen molar-refractivity contribution in [3.05, 3.63) is 0 Å². The highest BCUT2D eigenvalue weighted by Gasteiger charge is 2.42. The molecule has 3 N–H and O–H groups in total. The molecule has 14 heavy (non-hydrogen) atoms. The predicted octanol–water partition coefficient (Wildman–Crippen LogP) is 1.23. The van der Waals surface area contributed by atoms with Crippen molar-refractivity contribution in [2.45, 2.75) is 26.0 Å². The summed E-state index contributed by atoms with van der Waals surface area (Å²) in [6.45, 7) is -0.342. The molecule has 0 aromatic rings. The first-order valence-electron chi connectivity index (χ1n) is 4.56. The minimum atomic E-state index is -1.98. The summed E-state index contributed by atoms with van der Waals surface area (Å²) in [5, 5.41) is 9.55. The van der Waals surface area contributed by atoms with Crippen LogP contribution in [0.2, 0.25) is 0 Å². The molecule has 5 heteroatoms.